The number of nitrogen functional groups attached to an aromatic ring is 1. The first-order valence-corrected chi connectivity index (χ1v) is 7.14. The fourth-order valence-electron chi connectivity index (χ4n) is 1.75. The fourth-order valence-corrected chi connectivity index (χ4v) is 3.33. The molecule has 1 aromatic rings. The molecule has 1 rings (SSSR count). The number of nitrogens with one attached hydrogen (secondary N) is 1. The standard InChI is InChI=1S/C12H20N2O3S/c1-8-5-11(13)6-12(10(8)3)18(15,16)14-9(2)7-17-4/h5-6,9,14H,7,13H2,1-4H3. The maximum atomic E-state index is 12.2. The molecule has 5 nitrogen and oxygen atoms in total. The first-order chi connectivity index (χ1) is 8.27. The number of sulfonamides is 1. The SMILES string of the molecule is COCC(C)NS(=O)(=O)c1cc(N)cc(C)c1C. The van der Waals surface area contributed by atoms with Gasteiger partial charge in [0, 0.05) is 18.8 Å². The first-order valence-electron chi connectivity index (χ1n) is 5.66. The van der Waals surface area contributed by atoms with Gasteiger partial charge in [0.15, 0.2) is 0 Å². The maximum Gasteiger partial charge on any atom is 0.241 e. The van der Waals surface area contributed by atoms with Crippen molar-refractivity contribution in [1.82, 2.24) is 4.72 Å². The van der Waals surface area contributed by atoms with Gasteiger partial charge in [-0.25, -0.2) is 13.1 Å². The maximum absolute atomic E-state index is 12.2. The second kappa shape index (κ2) is 5.69. The van der Waals surface area contributed by atoms with Gasteiger partial charge in [0.05, 0.1) is 11.5 Å². The quantitative estimate of drug-likeness (QED) is 0.789. The van der Waals surface area contributed by atoms with Crippen LogP contribution in [0, 0.1) is 13.8 Å². The van der Waals surface area contributed by atoms with Crippen LogP contribution >= 0.6 is 0 Å². The van der Waals surface area contributed by atoms with Crippen LogP contribution < -0.4 is 10.5 Å². The Bertz CT molecular complexity index is 526. The van der Waals surface area contributed by atoms with Gasteiger partial charge in [0.1, 0.15) is 0 Å². The molecule has 102 valence electrons. The van der Waals surface area contributed by atoms with E-state index in [1.165, 1.54) is 13.2 Å². The van der Waals surface area contributed by atoms with Crippen LogP contribution in [0.1, 0.15) is 18.1 Å². The van der Waals surface area contributed by atoms with E-state index < -0.39 is 10.0 Å². The summed E-state index contributed by atoms with van der Waals surface area (Å²) in [5.41, 5.74) is 7.71. The Morgan fingerprint density at radius 1 is 1.39 bits per heavy atom. The average Bonchev–Trinajstić information content (AvgIpc) is 2.22. The minimum Gasteiger partial charge on any atom is -0.399 e. The number of hydrogen-bond donors (Lipinski definition) is 2. The lowest BCUT2D eigenvalue weighted by atomic mass is 10.1. The van der Waals surface area contributed by atoms with E-state index in [9.17, 15) is 8.42 Å². The predicted octanol–water partition coefficient (Wildman–Crippen LogP) is 1.20. The summed E-state index contributed by atoms with van der Waals surface area (Å²) in [6.45, 7) is 5.67. The highest BCUT2D eigenvalue weighted by atomic mass is 32.2. The highest BCUT2D eigenvalue weighted by Crippen LogP contribution is 2.22. The molecule has 0 aromatic heterocycles. The summed E-state index contributed by atoms with van der Waals surface area (Å²) in [5, 5.41) is 0. The van der Waals surface area contributed by atoms with Crippen LogP contribution in [0.25, 0.3) is 0 Å². The van der Waals surface area contributed by atoms with E-state index in [1.807, 2.05) is 6.92 Å². The number of ether oxygens (including phenoxy) is 1. The second-order valence-corrected chi connectivity index (χ2v) is 6.12. The lowest BCUT2D eigenvalue weighted by Gasteiger charge is -2.16. The third-order valence-corrected chi connectivity index (χ3v) is 4.42. The largest absolute Gasteiger partial charge is 0.399 e. The van der Waals surface area contributed by atoms with E-state index in [1.54, 1.807) is 19.9 Å². The molecular formula is C12H20N2O3S. The van der Waals surface area contributed by atoms with Crippen LogP contribution in [0.4, 0.5) is 5.69 Å². The molecule has 0 aliphatic rings. The van der Waals surface area contributed by atoms with Crippen molar-refractivity contribution in [3.05, 3.63) is 23.3 Å². The van der Waals surface area contributed by atoms with Gasteiger partial charge < -0.3 is 10.5 Å². The number of anilines is 1. The molecule has 0 amide bonds. The topological polar surface area (TPSA) is 81.4 Å². The Hall–Kier alpha value is -1.11. The van der Waals surface area contributed by atoms with Gasteiger partial charge in [-0.1, -0.05) is 0 Å². The summed E-state index contributed by atoms with van der Waals surface area (Å²) < 4.78 is 31.9. The molecule has 0 saturated carbocycles. The van der Waals surface area contributed by atoms with Crippen molar-refractivity contribution >= 4 is 15.7 Å². The molecule has 1 aromatic carbocycles. The minimum absolute atomic E-state index is 0.225. The molecule has 0 fully saturated rings. The summed E-state index contributed by atoms with van der Waals surface area (Å²) >= 11 is 0. The number of aryl methyl sites for hydroxylation is 1. The minimum atomic E-state index is -3.57. The molecule has 3 N–H and O–H groups in total. The van der Waals surface area contributed by atoms with E-state index >= 15 is 0 Å². The fraction of sp³-hybridized carbons (Fsp3) is 0.500. The zero-order valence-corrected chi connectivity index (χ0v) is 12.0. The third-order valence-electron chi connectivity index (χ3n) is 2.70. The zero-order valence-electron chi connectivity index (χ0n) is 11.1. The van der Waals surface area contributed by atoms with E-state index in [2.05, 4.69) is 4.72 Å². The number of hydrogen-bond acceptors (Lipinski definition) is 4. The van der Waals surface area contributed by atoms with Crippen LogP contribution in [0.15, 0.2) is 17.0 Å². The highest BCUT2D eigenvalue weighted by Gasteiger charge is 2.20. The van der Waals surface area contributed by atoms with Gasteiger partial charge in [0.25, 0.3) is 0 Å². The summed E-state index contributed by atoms with van der Waals surface area (Å²) in [4.78, 5) is 0.225. The summed E-state index contributed by atoms with van der Waals surface area (Å²) in [6, 6.07) is 2.94. The molecule has 0 saturated heterocycles. The van der Waals surface area contributed by atoms with Gasteiger partial charge in [-0.3, -0.25) is 0 Å². The van der Waals surface area contributed by atoms with Gasteiger partial charge in [0.2, 0.25) is 10.0 Å². The summed E-state index contributed by atoms with van der Waals surface area (Å²) in [7, 11) is -2.04. The molecule has 6 heteroatoms. The van der Waals surface area contributed by atoms with Crippen LogP contribution in [-0.2, 0) is 14.8 Å². The second-order valence-electron chi connectivity index (χ2n) is 4.44. The first kappa shape index (κ1) is 14.9. The summed E-state index contributed by atoms with van der Waals surface area (Å²) in [6.07, 6.45) is 0. The number of nitrogens with two attached hydrogens (primary N) is 1. The predicted molar refractivity (Wildman–Crippen MR) is 72.0 cm³/mol. The Labute approximate surface area is 108 Å². The monoisotopic (exact) mass is 272 g/mol. The molecule has 0 radical (unpaired) electrons. The molecule has 0 spiro atoms. The number of methoxy groups -OCH3 is 1. The highest BCUT2D eigenvalue weighted by molar-refractivity contribution is 7.89. The molecule has 0 aliphatic carbocycles. The van der Waals surface area contributed by atoms with Crippen molar-refractivity contribution in [3.8, 4) is 0 Å². The molecule has 0 heterocycles. The van der Waals surface area contributed by atoms with E-state index in [-0.39, 0.29) is 10.9 Å². The normalized spacial score (nSPS) is 13.6. The van der Waals surface area contributed by atoms with E-state index in [0.717, 1.165) is 5.56 Å². The Kier molecular flexibility index (Phi) is 4.72. The van der Waals surface area contributed by atoms with Crippen molar-refractivity contribution in [2.45, 2.75) is 31.7 Å². The zero-order chi connectivity index (χ0) is 13.9. The van der Waals surface area contributed by atoms with Crippen LogP contribution in [-0.4, -0.2) is 28.2 Å². The van der Waals surface area contributed by atoms with Crippen molar-refractivity contribution in [2.24, 2.45) is 0 Å². The molecular weight excluding hydrogens is 252 g/mol. The van der Waals surface area contributed by atoms with E-state index in [4.69, 9.17) is 10.5 Å². The summed E-state index contributed by atoms with van der Waals surface area (Å²) in [5.74, 6) is 0. The number of rotatable bonds is 5. The van der Waals surface area contributed by atoms with Gasteiger partial charge in [-0.15, -0.1) is 0 Å². The molecule has 0 bridgehead atoms. The molecule has 0 aliphatic heterocycles. The van der Waals surface area contributed by atoms with Crippen LogP contribution in [0.3, 0.4) is 0 Å². The van der Waals surface area contributed by atoms with Crippen molar-refractivity contribution < 1.29 is 13.2 Å². The molecule has 1 unspecified atom stereocenters. The number of benzene rings is 1. The van der Waals surface area contributed by atoms with Crippen molar-refractivity contribution in [1.29, 1.82) is 0 Å². The Balaban J connectivity index is 3.13. The smallest absolute Gasteiger partial charge is 0.241 e. The van der Waals surface area contributed by atoms with Gasteiger partial charge in [-0.05, 0) is 44.0 Å². The van der Waals surface area contributed by atoms with Crippen LogP contribution in [0.5, 0.6) is 0 Å². The average molecular weight is 272 g/mol. The van der Waals surface area contributed by atoms with Crippen molar-refractivity contribution in [3.63, 3.8) is 0 Å². The van der Waals surface area contributed by atoms with E-state index in [0.29, 0.717) is 17.9 Å². The molecule has 18 heavy (non-hydrogen) atoms. The molecule has 1 atom stereocenters. The lowest BCUT2D eigenvalue weighted by Crippen LogP contribution is -2.36. The van der Waals surface area contributed by atoms with Crippen molar-refractivity contribution in [2.75, 3.05) is 19.5 Å². The Morgan fingerprint density at radius 2 is 2.00 bits per heavy atom. The third kappa shape index (κ3) is 3.44. The van der Waals surface area contributed by atoms with Gasteiger partial charge >= 0.3 is 0 Å². The van der Waals surface area contributed by atoms with Gasteiger partial charge in [-0.2, -0.15) is 0 Å². The Morgan fingerprint density at radius 3 is 2.56 bits per heavy atom. The van der Waals surface area contributed by atoms with Crippen LogP contribution in [0.2, 0.25) is 0 Å². The lowest BCUT2D eigenvalue weighted by molar-refractivity contribution is 0.180.